The van der Waals surface area contributed by atoms with Crippen molar-refractivity contribution in [3.05, 3.63) is 82.4 Å². The Balaban J connectivity index is 1.67. The van der Waals surface area contributed by atoms with E-state index in [1.54, 1.807) is 0 Å². The maximum absolute atomic E-state index is 12.2. The van der Waals surface area contributed by atoms with Gasteiger partial charge in [0.05, 0.1) is 26.4 Å². The van der Waals surface area contributed by atoms with E-state index < -0.39 is 0 Å². The van der Waals surface area contributed by atoms with Crippen LogP contribution in [-0.2, 0) is 0 Å². The summed E-state index contributed by atoms with van der Waals surface area (Å²) in [4.78, 5) is 12.2. The van der Waals surface area contributed by atoms with Crippen molar-refractivity contribution in [3.8, 4) is 46.7 Å². The zero-order valence-corrected chi connectivity index (χ0v) is 49.4. The number of aldehydes is 1. The molecule has 3 aromatic carbocycles. The van der Waals surface area contributed by atoms with Gasteiger partial charge in [0, 0.05) is 27.8 Å². The third kappa shape index (κ3) is 34.4. The van der Waals surface area contributed by atoms with Crippen LogP contribution >= 0.6 is 0 Å². The van der Waals surface area contributed by atoms with E-state index in [1.165, 1.54) is 231 Å². The molecule has 0 aromatic heterocycles. The normalized spacial score (nSPS) is 10.9. The van der Waals surface area contributed by atoms with Crippen molar-refractivity contribution in [2.45, 2.75) is 285 Å². The molecule has 0 unspecified atom stereocenters. The van der Waals surface area contributed by atoms with Gasteiger partial charge in [-0.25, -0.2) is 0 Å². The fourth-order valence-electron chi connectivity index (χ4n) is 9.87. The van der Waals surface area contributed by atoms with Gasteiger partial charge in [-0.3, -0.25) is 4.79 Å². The van der Waals surface area contributed by atoms with Crippen molar-refractivity contribution in [1.82, 2.24) is 0 Å². The van der Waals surface area contributed by atoms with Gasteiger partial charge < -0.3 is 18.9 Å². The Labute approximate surface area is 468 Å². The van der Waals surface area contributed by atoms with Crippen LogP contribution in [-0.4, -0.2) is 32.7 Å². The van der Waals surface area contributed by atoms with Crippen molar-refractivity contribution >= 4 is 6.29 Å². The SMILES string of the molecule is CCCCCCCCCCCCOc1ccc(C#Cc2cc(C#Cc3ccc(OCCCCCCCCCCCC)c(OCCCCCCCCCCCC)c3)cc(C=O)c2)cc1OCCCCCCCCCCCC. The number of ether oxygens (including phenoxy) is 4. The highest BCUT2D eigenvalue weighted by molar-refractivity contribution is 5.77. The van der Waals surface area contributed by atoms with Gasteiger partial charge in [0.15, 0.2) is 23.0 Å². The number of hydrogen-bond acceptors (Lipinski definition) is 5. The van der Waals surface area contributed by atoms with Gasteiger partial charge in [-0.1, -0.05) is 283 Å². The highest BCUT2D eigenvalue weighted by Crippen LogP contribution is 2.31. The Kier molecular flexibility index (Phi) is 41.5. The summed E-state index contributed by atoms with van der Waals surface area (Å²) in [6.45, 7) is 11.8. The van der Waals surface area contributed by atoms with Gasteiger partial charge in [0.2, 0.25) is 0 Å². The molecule has 76 heavy (non-hydrogen) atoms. The maximum Gasteiger partial charge on any atom is 0.162 e. The van der Waals surface area contributed by atoms with E-state index in [9.17, 15) is 4.79 Å². The first-order valence-electron chi connectivity index (χ1n) is 32.0. The highest BCUT2D eigenvalue weighted by Gasteiger charge is 2.10. The number of benzene rings is 3. The van der Waals surface area contributed by atoms with Gasteiger partial charge in [0.1, 0.15) is 6.29 Å². The molecule has 0 fully saturated rings. The van der Waals surface area contributed by atoms with E-state index in [0.29, 0.717) is 32.0 Å². The van der Waals surface area contributed by atoms with Crippen LogP contribution in [0.25, 0.3) is 0 Å². The molecular formula is C71H110O5. The molecule has 0 atom stereocenters. The monoisotopic (exact) mass is 1040 g/mol. The van der Waals surface area contributed by atoms with Crippen LogP contribution in [0.3, 0.4) is 0 Å². The molecule has 0 bridgehead atoms. The van der Waals surface area contributed by atoms with E-state index in [2.05, 4.69) is 51.4 Å². The Morgan fingerprint density at radius 2 is 0.513 bits per heavy atom. The van der Waals surface area contributed by atoms with E-state index in [0.717, 1.165) is 77.2 Å². The van der Waals surface area contributed by atoms with E-state index >= 15 is 0 Å². The molecule has 424 valence electrons. The Morgan fingerprint density at radius 3 is 0.776 bits per heavy atom. The third-order valence-corrected chi connectivity index (χ3v) is 14.7. The molecule has 0 aliphatic rings. The smallest absolute Gasteiger partial charge is 0.162 e. The fraction of sp³-hybridized carbons (Fsp3) is 0.676. The molecule has 0 saturated heterocycles. The van der Waals surface area contributed by atoms with Gasteiger partial charge in [0.25, 0.3) is 0 Å². The van der Waals surface area contributed by atoms with E-state index in [1.807, 2.05) is 54.6 Å². The minimum Gasteiger partial charge on any atom is -0.490 e. The molecule has 0 amide bonds. The van der Waals surface area contributed by atoms with Gasteiger partial charge >= 0.3 is 0 Å². The van der Waals surface area contributed by atoms with Crippen molar-refractivity contribution in [2.24, 2.45) is 0 Å². The zero-order valence-electron chi connectivity index (χ0n) is 49.4. The molecule has 0 spiro atoms. The van der Waals surface area contributed by atoms with Gasteiger partial charge in [-0.15, -0.1) is 0 Å². The summed E-state index contributed by atoms with van der Waals surface area (Å²) in [6, 6.07) is 17.7. The van der Waals surface area contributed by atoms with E-state index in [-0.39, 0.29) is 0 Å². The highest BCUT2D eigenvalue weighted by atomic mass is 16.5. The van der Waals surface area contributed by atoms with Crippen molar-refractivity contribution in [3.63, 3.8) is 0 Å². The molecule has 3 aromatic rings. The second-order valence-electron chi connectivity index (χ2n) is 21.9. The third-order valence-electron chi connectivity index (χ3n) is 14.7. The first-order chi connectivity index (χ1) is 37.6. The second-order valence-corrected chi connectivity index (χ2v) is 21.9. The fourth-order valence-corrected chi connectivity index (χ4v) is 9.87. The van der Waals surface area contributed by atoms with Crippen molar-refractivity contribution < 1.29 is 23.7 Å². The molecule has 0 aliphatic carbocycles. The average Bonchev–Trinajstić information content (AvgIpc) is 3.44. The van der Waals surface area contributed by atoms with Crippen molar-refractivity contribution in [2.75, 3.05) is 26.4 Å². The number of hydrogen-bond donors (Lipinski definition) is 0. The van der Waals surface area contributed by atoms with E-state index in [4.69, 9.17) is 18.9 Å². The largest absolute Gasteiger partial charge is 0.490 e. The summed E-state index contributed by atoms with van der Waals surface area (Å²) in [6.07, 6.45) is 52.5. The van der Waals surface area contributed by atoms with Gasteiger partial charge in [-0.05, 0) is 80.3 Å². The molecule has 5 nitrogen and oxygen atoms in total. The molecule has 0 saturated carbocycles. The van der Waals surface area contributed by atoms with Crippen LogP contribution in [0.1, 0.15) is 317 Å². The average molecular weight is 1040 g/mol. The van der Waals surface area contributed by atoms with Crippen LogP contribution in [0.15, 0.2) is 54.6 Å². The molecule has 0 radical (unpaired) electrons. The predicted octanol–water partition coefficient (Wildman–Crippen LogP) is 21.5. The quantitative estimate of drug-likeness (QED) is 0.0320. The molecule has 0 N–H and O–H groups in total. The lowest BCUT2D eigenvalue weighted by Crippen LogP contribution is -2.03. The first-order valence-corrected chi connectivity index (χ1v) is 32.0. The summed E-state index contributed by atoms with van der Waals surface area (Å²) in [5.74, 6) is 16.5. The number of rotatable bonds is 49. The first kappa shape index (κ1) is 65.9. The molecule has 0 heterocycles. The molecule has 0 aliphatic heterocycles. The Hall–Kier alpha value is -4.35. The lowest BCUT2D eigenvalue weighted by Gasteiger charge is -2.13. The lowest BCUT2D eigenvalue weighted by molar-refractivity contribution is 0.112. The summed E-state index contributed by atoms with van der Waals surface area (Å²) >= 11 is 0. The summed E-state index contributed by atoms with van der Waals surface area (Å²) in [5.41, 5.74) is 3.70. The Bertz CT molecular complexity index is 1860. The standard InChI is InChI=1S/C71H110O5/c1-5-9-13-17-21-25-29-33-37-41-53-73-68-51-49-63(60-70(68)75-55-43-39-35-31-27-23-19-15-11-7-3)45-47-65-57-66(59-67(58-65)62-72)48-46-64-50-52-69(74-54-42-38-34-30-26-22-18-14-10-6-2)71(61-64)76-56-44-40-36-32-28-24-20-16-12-8-4/h49-52,57-62H,5-44,53-56H2,1-4H3. The Morgan fingerprint density at radius 1 is 0.276 bits per heavy atom. The van der Waals surface area contributed by atoms with Crippen LogP contribution in [0.2, 0.25) is 0 Å². The lowest BCUT2D eigenvalue weighted by atomic mass is 10.1. The van der Waals surface area contributed by atoms with Gasteiger partial charge in [-0.2, -0.15) is 0 Å². The zero-order chi connectivity index (χ0) is 54.0. The molecule has 3 rings (SSSR count). The van der Waals surface area contributed by atoms with Crippen LogP contribution in [0, 0.1) is 23.7 Å². The topological polar surface area (TPSA) is 54.0 Å². The minimum absolute atomic E-state index is 0.545. The number of carbonyl (C=O) groups is 1. The minimum atomic E-state index is 0.545. The molecule has 5 heteroatoms. The number of carbonyl (C=O) groups excluding carboxylic acids is 1. The van der Waals surface area contributed by atoms with Crippen LogP contribution < -0.4 is 18.9 Å². The maximum atomic E-state index is 12.2. The summed E-state index contributed by atoms with van der Waals surface area (Å²) < 4.78 is 25.6. The second kappa shape index (κ2) is 47.8. The summed E-state index contributed by atoms with van der Waals surface area (Å²) in [7, 11) is 0. The molecular weight excluding hydrogens is 933 g/mol. The van der Waals surface area contributed by atoms with Crippen LogP contribution in [0.5, 0.6) is 23.0 Å². The predicted molar refractivity (Wildman–Crippen MR) is 326 cm³/mol. The van der Waals surface area contributed by atoms with Crippen LogP contribution in [0.4, 0.5) is 0 Å². The van der Waals surface area contributed by atoms with Crippen molar-refractivity contribution in [1.29, 1.82) is 0 Å². The summed E-state index contributed by atoms with van der Waals surface area (Å²) in [5, 5.41) is 0. The number of unbranched alkanes of at least 4 members (excludes halogenated alkanes) is 36.